The number of amides is 2. The van der Waals surface area contributed by atoms with Gasteiger partial charge in [-0.1, -0.05) is 12.1 Å². The summed E-state index contributed by atoms with van der Waals surface area (Å²) in [7, 11) is 0. The van der Waals surface area contributed by atoms with Crippen LogP contribution in [0.3, 0.4) is 0 Å². The van der Waals surface area contributed by atoms with Crippen molar-refractivity contribution < 1.29 is 23.9 Å². The molecule has 31 heavy (non-hydrogen) atoms. The van der Waals surface area contributed by atoms with Gasteiger partial charge >= 0.3 is 5.97 Å². The van der Waals surface area contributed by atoms with Gasteiger partial charge in [-0.2, -0.15) is 11.8 Å². The minimum absolute atomic E-state index is 0.149. The van der Waals surface area contributed by atoms with E-state index in [0.29, 0.717) is 31.0 Å². The van der Waals surface area contributed by atoms with Gasteiger partial charge in [0.25, 0.3) is 5.91 Å². The van der Waals surface area contributed by atoms with E-state index in [1.807, 2.05) is 18.7 Å². The third-order valence-corrected chi connectivity index (χ3v) is 6.49. The molecular weight excluding hydrogens is 418 g/mol. The number of benzene rings is 1. The first-order valence-electron chi connectivity index (χ1n) is 10.6. The third kappa shape index (κ3) is 6.69. The van der Waals surface area contributed by atoms with Gasteiger partial charge in [0.1, 0.15) is 12.1 Å². The Morgan fingerprint density at radius 1 is 1.32 bits per heavy atom. The average molecular weight is 450 g/mol. The van der Waals surface area contributed by atoms with E-state index in [0.717, 1.165) is 18.8 Å². The maximum absolute atomic E-state index is 12.7. The highest BCUT2D eigenvalue weighted by Crippen LogP contribution is 2.29. The normalized spacial score (nSPS) is 22.0. The standard InChI is InChI=1S/C22H31N3O5S/c1-4-29-13-15(12-25-9-10-31-22(2,3)14-25)30-19(26)11-18-21(28)23-17-8-6-5-7-16(17)20(27)24-18/h5-8,15,18H,4,9-14H2,1-3H3,(H,23,28)(H,24,27)/t15?,18-/m0/s1. The monoisotopic (exact) mass is 449 g/mol. The number of esters is 1. The van der Waals surface area contributed by atoms with Gasteiger partial charge in [0.05, 0.1) is 24.3 Å². The van der Waals surface area contributed by atoms with Crippen molar-refractivity contribution in [3.8, 4) is 0 Å². The Bertz CT molecular complexity index is 816. The van der Waals surface area contributed by atoms with E-state index in [2.05, 4.69) is 29.4 Å². The van der Waals surface area contributed by atoms with Gasteiger partial charge in [0, 0.05) is 36.7 Å². The SMILES string of the molecule is CCOCC(CN1CCSC(C)(C)C1)OC(=O)C[C@@H]1NC(=O)c2ccccc2NC1=O. The van der Waals surface area contributed by atoms with Crippen LogP contribution in [0.4, 0.5) is 5.69 Å². The Morgan fingerprint density at radius 3 is 2.84 bits per heavy atom. The number of nitrogens with zero attached hydrogens (tertiary/aromatic N) is 1. The Balaban J connectivity index is 1.60. The molecule has 1 aromatic carbocycles. The minimum atomic E-state index is -0.995. The molecule has 1 saturated heterocycles. The van der Waals surface area contributed by atoms with Gasteiger partial charge in [-0.3, -0.25) is 19.3 Å². The molecule has 8 nitrogen and oxygen atoms in total. The van der Waals surface area contributed by atoms with Crippen LogP contribution in [-0.2, 0) is 19.1 Å². The fourth-order valence-electron chi connectivity index (χ4n) is 3.79. The van der Waals surface area contributed by atoms with Crippen LogP contribution in [0.15, 0.2) is 24.3 Å². The minimum Gasteiger partial charge on any atom is -0.458 e. The molecule has 3 rings (SSSR count). The molecule has 2 aliphatic heterocycles. The summed E-state index contributed by atoms with van der Waals surface area (Å²) in [5.41, 5.74) is 0.798. The number of carbonyl (C=O) groups excluding carboxylic acids is 3. The summed E-state index contributed by atoms with van der Waals surface area (Å²) >= 11 is 1.94. The van der Waals surface area contributed by atoms with Crippen LogP contribution in [0.25, 0.3) is 0 Å². The highest BCUT2D eigenvalue weighted by atomic mass is 32.2. The molecule has 0 spiro atoms. The lowest BCUT2D eigenvalue weighted by atomic mass is 10.1. The van der Waals surface area contributed by atoms with Crippen molar-refractivity contribution in [2.75, 3.05) is 43.9 Å². The Hall–Kier alpha value is -2.10. The molecule has 2 aliphatic rings. The van der Waals surface area contributed by atoms with Crippen molar-refractivity contribution in [3.63, 3.8) is 0 Å². The number of carbonyl (C=O) groups is 3. The van der Waals surface area contributed by atoms with Crippen molar-refractivity contribution in [1.82, 2.24) is 10.2 Å². The molecule has 0 saturated carbocycles. The second-order valence-electron chi connectivity index (χ2n) is 8.38. The zero-order valence-electron chi connectivity index (χ0n) is 18.3. The lowest BCUT2D eigenvalue weighted by molar-refractivity contribution is -0.154. The maximum Gasteiger partial charge on any atom is 0.308 e. The summed E-state index contributed by atoms with van der Waals surface area (Å²) in [6.07, 6.45) is -0.677. The fourth-order valence-corrected chi connectivity index (χ4v) is 4.96. The number of anilines is 1. The molecular formula is C22H31N3O5S. The second-order valence-corrected chi connectivity index (χ2v) is 10.2. The van der Waals surface area contributed by atoms with E-state index in [1.165, 1.54) is 0 Å². The van der Waals surface area contributed by atoms with Crippen LogP contribution < -0.4 is 10.6 Å². The molecule has 0 radical (unpaired) electrons. The molecule has 2 heterocycles. The zero-order chi connectivity index (χ0) is 22.4. The Kier molecular flexibility index (Phi) is 7.96. The smallest absolute Gasteiger partial charge is 0.308 e. The van der Waals surface area contributed by atoms with E-state index in [9.17, 15) is 14.4 Å². The quantitative estimate of drug-likeness (QED) is 0.585. The number of hydrogen-bond donors (Lipinski definition) is 2. The van der Waals surface area contributed by atoms with Crippen LogP contribution in [0.1, 0.15) is 37.6 Å². The molecule has 170 valence electrons. The second kappa shape index (κ2) is 10.5. The number of ether oxygens (including phenoxy) is 2. The van der Waals surface area contributed by atoms with Gasteiger partial charge < -0.3 is 20.1 Å². The third-order valence-electron chi connectivity index (χ3n) is 5.19. The number of para-hydroxylation sites is 1. The Labute approximate surface area is 187 Å². The molecule has 0 aliphatic carbocycles. The highest BCUT2D eigenvalue weighted by molar-refractivity contribution is 8.00. The summed E-state index contributed by atoms with van der Waals surface area (Å²) in [5.74, 6) is -0.351. The largest absolute Gasteiger partial charge is 0.458 e. The summed E-state index contributed by atoms with van der Waals surface area (Å²) < 4.78 is 11.4. The lowest BCUT2D eigenvalue weighted by Gasteiger charge is -2.38. The predicted molar refractivity (Wildman–Crippen MR) is 120 cm³/mol. The van der Waals surface area contributed by atoms with Gasteiger partial charge in [-0.25, -0.2) is 0 Å². The topological polar surface area (TPSA) is 97.0 Å². The van der Waals surface area contributed by atoms with Crippen molar-refractivity contribution in [2.45, 2.75) is 44.1 Å². The molecule has 1 aromatic rings. The molecule has 9 heteroatoms. The summed E-state index contributed by atoms with van der Waals surface area (Å²) in [4.78, 5) is 39.9. The molecule has 1 fully saturated rings. The van der Waals surface area contributed by atoms with Crippen molar-refractivity contribution in [2.24, 2.45) is 0 Å². The average Bonchev–Trinajstić information content (AvgIpc) is 2.82. The van der Waals surface area contributed by atoms with Crippen molar-refractivity contribution in [3.05, 3.63) is 29.8 Å². The van der Waals surface area contributed by atoms with E-state index < -0.39 is 29.9 Å². The number of thioether (sulfide) groups is 1. The summed E-state index contributed by atoms with van der Waals surface area (Å²) in [5, 5.41) is 5.33. The highest BCUT2D eigenvalue weighted by Gasteiger charge is 2.32. The van der Waals surface area contributed by atoms with Crippen LogP contribution in [0, 0.1) is 0 Å². The van der Waals surface area contributed by atoms with Crippen LogP contribution in [0.2, 0.25) is 0 Å². The molecule has 2 amide bonds. The first kappa shape index (κ1) is 23.6. The fraction of sp³-hybridized carbons (Fsp3) is 0.591. The van der Waals surface area contributed by atoms with E-state index in [1.54, 1.807) is 24.3 Å². The van der Waals surface area contributed by atoms with Gasteiger partial charge in [0.2, 0.25) is 5.91 Å². The number of hydrogen-bond acceptors (Lipinski definition) is 7. The number of nitrogens with one attached hydrogen (secondary N) is 2. The lowest BCUT2D eigenvalue weighted by Crippen LogP contribution is -2.48. The number of rotatable bonds is 8. The van der Waals surface area contributed by atoms with Crippen molar-refractivity contribution in [1.29, 1.82) is 0 Å². The van der Waals surface area contributed by atoms with Crippen molar-refractivity contribution >= 4 is 35.2 Å². The zero-order valence-corrected chi connectivity index (χ0v) is 19.1. The van der Waals surface area contributed by atoms with Gasteiger partial charge in [-0.05, 0) is 32.9 Å². The van der Waals surface area contributed by atoms with Crippen LogP contribution in [-0.4, -0.2) is 78.2 Å². The van der Waals surface area contributed by atoms with E-state index >= 15 is 0 Å². The van der Waals surface area contributed by atoms with Crippen LogP contribution >= 0.6 is 11.8 Å². The summed E-state index contributed by atoms with van der Waals surface area (Å²) in [6.45, 7) is 9.52. The maximum atomic E-state index is 12.7. The molecule has 1 unspecified atom stereocenters. The molecule has 0 bridgehead atoms. The van der Waals surface area contributed by atoms with Gasteiger partial charge in [0.15, 0.2) is 0 Å². The number of fused-ring (bicyclic) bond motifs is 1. The molecule has 2 atom stereocenters. The molecule has 0 aromatic heterocycles. The first-order valence-corrected chi connectivity index (χ1v) is 11.6. The van der Waals surface area contributed by atoms with Gasteiger partial charge in [-0.15, -0.1) is 0 Å². The summed E-state index contributed by atoms with van der Waals surface area (Å²) in [6, 6.07) is 5.74. The predicted octanol–water partition coefficient (Wildman–Crippen LogP) is 1.90. The Morgan fingerprint density at radius 2 is 2.10 bits per heavy atom. The van der Waals surface area contributed by atoms with E-state index in [-0.39, 0.29) is 11.2 Å². The molecule has 2 N–H and O–H groups in total. The van der Waals surface area contributed by atoms with Crippen LogP contribution in [0.5, 0.6) is 0 Å². The van der Waals surface area contributed by atoms with E-state index in [4.69, 9.17) is 9.47 Å². The first-order chi connectivity index (χ1) is 14.8.